The molecule has 0 aliphatic carbocycles. The summed E-state index contributed by atoms with van der Waals surface area (Å²) in [6.07, 6.45) is 1.94. The number of nitrogens with one attached hydrogen (secondary N) is 1. The van der Waals surface area contributed by atoms with Crippen LogP contribution in [0.3, 0.4) is 0 Å². The van der Waals surface area contributed by atoms with Gasteiger partial charge < -0.3 is 19.7 Å². The van der Waals surface area contributed by atoms with Gasteiger partial charge in [0.25, 0.3) is 0 Å². The lowest BCUT2D eigenvalue weighted by molar-refractivity contribution is -0.110. The van der Waals surface area contributed by atoms with Gasteiger partial charge in [-0.2, -0.15) is 0 Å². The Balaban J connectivity index is 1.63. The summed E-state index contributed by atoms with van der Waals surface area (Å²) in [7, 11) is 0. The third-order valence-electron chi connectivity index (χ3n) is 4.78. The van der Waals surface area contributed by atoms with Crippen LogP contribution in [0, 0.1) is 0 Å². The van der Waals surface area contributed by atoms with Gasteiger partial charge >= 0.3 is 6.09 Å². The third-order valence-corrected chi connectivity index (χ3v) is 4.78. The smallest absolute Gasteiger partial charge is 0.410 e. The van der Waals surface area contributed by atoms with Crippen molar-refractivity contribution in [3.8, 4) is 0 Å². The Labute approximate surface area is 133 Å². The van der Waals surface area contributed by atoms with Gasteiger partial charge in [-0.05, 0) is 33.6 Å². The molecular weight excluding hydrogens is 282 g/mol. The monoisotopic (exact) mass is 311 g/mol. The van der Waals surface area contributed by atoms with Crippen molar-refractivity contribution in [3.63, 3.8) is 0 Å². The van der Waals surface area contributed by atoms with Gasteiger partial charge in [-0.15, -0.1) is 0 Å². The molecule has 1 amide bonds. The van der Waals surface area contributed by atoms with Crippen LogP contribution in [0.1, 0.15) is 33.6 Å². The molecule has 3 rings (SSSR count). The maximum atomic E-state index is 12.3. The van der Waals surface area contributed by atoms with Crippen molar-refractivity contribution in [3.05, 3.63) is 0 Å². The average molecular weight is 311 g/mol. The molecule has 0 aromatic heterocycles. The van der Waals surface area contributed by atoms with Crippen LogP contribution in [-0.2, 0) is 9.47 Å². The Hall–Kier alpha value is -0.850. The van der Waals surface area contributed by atoms with Crippen molar-refractivity contribution in [2.45, 2.75) is 57.4 Å². The van der Waals surface area contributed by atoms with Crippen molar-refractivity contribution in [2.75, 3.05) is 39.3 Å². The SMILES string of the molecule is CC(C)(C)OC(=O)N1CC[C@H]2OC[C@H]3CNCCN3[C@H]2CC1. The first-order chi connectivity index (χ1) is 10.4. The molecule has 3 aliphatic heterocycles. The Morgan fingerprint density at radius 1 is 1.23 bits per heavy atom. The second-order valence-corrected chi connectivity index (χ2v) is 7.58. The van der Waals surface area contributed by atoms with E-state index in [1.807, 2.05) is 25.7 Å². The highest BCUT2D eigenvalue weighted by Crippen LogP contribution is 2.28. The van der Waals surface area contributed by atoms with Crippen LogP contribution >= 0.6 is 0 Å². The minimum absolute atomic E-state index is 0.192. The summed E-state index contributed by atoms with van der Waals surface area (Å²) in [5.74, 6) is 0. The number of ether oxygens (including phenoxy) is 2. The van der Waals surface area contributed by atoms with E-state index in [0.717, 1.165) is 52.2 Å². The highest BCUT2D eigenvalue weighted by atomic mass is 16.6. The van der Waals surface area contributed by atoms with E-state index in [0.29, 0.717) is 12.1 Å². The van der Waals surface area contributed by atoms with Crippen LogP contribution < -0.4 is 5.32 Å². The van der Waals surface area contributed by atoms with E-state index in [-0.39, 0.29) is 12.2 Å². The Bertz CT molecular complexity index is 410. The summed E-state index contributed by atoms with van der Waals surface area (Å²) in [6.45, 7) is 11.2. The highest BCUT2D eigenvalue weighted by molar-refractivity contribution is 5.68. The van der Waals surface area contributed by atoms with Gasteiger partial charge in [-0.3, -0.25) is 4.90 Å². The van der Waals surface area contributed by atoms with Crippen molar-refractivity contribution >= 4 is 6.09 Å². The van der Waals surface area contributed by atoms with Gasteiger partial charge in [-0.25, -0.2) is 4.79 Å². The van der Waals surface area contributed by atoms with E-state index in [1.165, 1.54) is 0 Å². The van der Waals surface area contributed by atoms with E-state index < -0.39 is 5.60 Å². The van der Waals surface area contributed by atoms with Crippen LogP contribution in [0.2, 0.25) is 0 Å². The lowest BCUT2D eigenvalue weighted by Crippen LogP contribution is -2.63. The lowest BCUT2D eigenvalue weighted by Gasteiger charge is -2.48. The molecule has 0 saturated carbocycles. The number of piperazine rings is 1. The van der Waals surface area contributed by atoms with E-state index in [4.69, 9.17) is 9.47 Å². The van der Waals surface area contributed by atoms with Crippen LogP contribution in [0.15, 0.2) is 0 Å². The fraction of sp³-hybridized carbons (Fsp3) is 0.938. The quantitative estimate of drug-likeness (QED) is 0.725. The molecule has 0 aromatic carbocycles. The molecule has 0 unspecified atom stereocenters. The molecule has 0 bridgehead atoms. The van der Waals surface area contributed by atoms with Gasteiger partial charge in [-0.1, -0.05) is 0 Å². The number of hydrogen-bond donors (Lipinski definition) is 1. The number of hydrogen-bond acceptors (Lipinski definition) is 5. The van der Waals surface area contributed by atoms with Crippen molar-refractivity contribution in [1.29, 1.82) is 0 Å². The van der Waals surface area contributed by atoms with E-state index in [2.05, 4.69) is 10.2 Å². The normalized spacial score (nSPS) is 33.6. The first-order valence-corrected chi connectivity index (χ1v) is 8.50. The number of morpholine rings is 1. The molecule has 0 spiro atoms. The molecule has 3 saturated heterocycles. The minimum Gasteiger partial charge on any atom is -0.444 e. The fourth-order valence-electron chi connectivity index (χ4n) is 3.75. The van der Waals surface area contributed by atoms with Gasteiger partial charge in [0.1, 0.15) is 5.60 Å². The number of carbonyl (C=O) groups is 1. The molecule has 3 atom stereocenters. The minimum atomic E-state index is -0.434. The van der Waals surface area contributed by atoms with Crippen molar-refractivity contribution in [2.24, 2.45) is 0 Å². The molecule has 6 heteroatoms. The second kappa shape index (κ2) is 6.34. The predicted octanol–water partition coefficient (Wildman–Crippen LogP) is 1.06. The number of rotatable bonds is 0. The summed E-state index contributed by atoms with van der Waals surface area (Å²) >= 11 is 0. The molecule has 0 radical (unpaired) electrons. The van der Waals surface area contributed by atoms with Gasteiger partial charge in [0.05, 0.1) is 12.7 Å². The molecule has 0 aromatic rings. The topological polar surface area (TPSA) is 54.0 Å². The molecule has 3 aliphatic rings. The molecule has 6 nitrogen and oxygen atoms in total. The summed E-state index contributed by atoms with van der Waals surface area (Å²) in [4.78, 5) is 16.7. The molecule has 3 heterocycles. The zero-order valence-electron chi connectivity index (χ0n) is 14.0. The van der Waals surface area contributed by atoms with Crippen LogP contribution in [-0.4, -0.2) is 79.0 Å². The number of likely N-dealkylation sites (tertiary alicyclic amines) is 1. The Morgan fingerprint density at radius 3 is 2.77 bits per heavy atom. The fourth-order valence-corrected chi connectivity index (χ4v) is 3.75. The first kappa shape index (κ1) is 16.0. The molecule has 3 fully saturated rings. The number of amides is 1. The zero-order chi connectivity index (χ0) is 15.7. The van der Waals surface area contributed by atoms with Gasteiger partial charge in [0, 0.05) is 44.8 Å². The second-order valence-electron chi connectivity index (χ2n) is 7.58. The van der Waals surface area contributed by atoms with Crippen molar-refractivity contribution in [1.82, 2.24) is 15.1 Å². The Kier molecular flexibility index (Phi) is 4.61. The molecule has 22 heavy (non-hydrogen) atoms. The van der Waals surface area contributed by atoms with Crippen LogP contribution in [0.5, 0.6) is 0 Å². The summed E-state index contributed by atoms with van der Waals surface area (Å²) in [5, 5.41) is 3.44. The number of carbonyl (C=O) groups excluding carboxylic acids is 1. The third kappa shape index (κ3) is 3.55. The zero-order valence-corrected chi connectivity index (χ0v) is 14.0. The molecular formula is C16H29N3O3. The van der Waals surface area contributed by atoms with Crippen molar-refractivity contribution < 1.29 is 14.3 Å². The maximum absolute atomic E-state index is 12.3. The summed E-state index contributed by atoms with van der Waals surface area (Å²) < 4.78 is 11.6. The largest absolute Gasteiger partial charge is 0.444 e. The average Bonchev–Trinajstić information content (AvgIpc) is 2.68. The first-order valence-electron chi connectivity index (χ1n) is 8.50. The predicted molar refractivity (Wildman–Crippen MR) is 83.9 cm³/mol. The lowest BCUT2D eigenvalue weighted by atomic mass is 9.98. The highest BCUT2D eigenvalue weighted by Gasteiger charge is 2.41. The standard InChI is InChI=1S/C16H29N3O3/c1-16(2,3)22-15(20)18-7-4-13-14(5-8-18)21-11-12-10-17-6-9-19(12)13/h12-14,17H,4-11H2,1-3H3/t12-,13+,14-/m1/s1. The van der Waals surface area contributed by atoms with Gasteiger partial charge in [0.15, 0.2) is 0 Å². The molecule has 126 valence electrons. The van der Waals surface area contributed by atoms with Gasteiger partial charge in [0.2, 0.25) is 0 Å². The Morgan fingerprint density at radius 2 is 2.00 bits per heavy atom. The van der Waals surface area contributed by atoms with Crippen LogP contribution in [0.25, 0.3) is 0 Å². The number of nitrogens with zero attached hydrogens (tertiary/aromatic N) is 2. The van der Waals surface area contributed by atoms with E-state index in [1.54, 1.807) is 0 Å². The number of fused-ring (bicyclic) bond motifs is 3. The van der Waals surface area contributed by atoms with Crippen LogP contribution in [0.4, 0.5) is 4.79 Å². The summed E-state index contributed by atoms with van der Waals surface area (Å²) in [6, 6.07) is 0.927. The van der Waals surface area contributed by atoms with E-state index >= 15 is 0 Å². The summed E-state index contributed by atoms with van der Waals surface area (Å²) in [5.41, 5.74) is -0.434. The molecule has 1 N–H and O–H groups in total. The van der Waals surface area contributed by atoms with E-state index in [9.17, 15) is 4.79 Å². The maximum Gasteiger partial charge on any atom is 0.410 e.